The van der Waals surface area contributed by atoms with Gasteiger partial charge in [0.2, 0.25) is 0 Å². The Balaban J connectivity index is 2.31. The smallest absolute Gasteiger partial charge is 0.277 e. The van der Waals surface area contributed by atoms with Crippen LogP contribution in [0.15, 0.2) is 30.0 Å². The number of imide groups is 1. The Morgan fingerprint density at radius 3 is 2.68 bits per heavy atom. The molecule has 2 rings (SSSR count). The standard InChI is InChI=1S/C13H12BrN3O5/c14-7-8-9(2-1-3-11(8)17(21)22)15-10-6-12(19)16(4-5-18)13(10)20/h1-3,6,15,18H,4-5,7H2. The molecule has 9 heteroatoms. The van der Waals surface area contributed by atoms with Crippen LogP contribution in [-0.4, -0.2) is 39.9 Å². The van der Waals surface area contributed by atoms with Gasteiger partial charge < -0.3 is 10.4 Å². The number of alkyl halides is 1. The topological polar surface area (TPSA) is 113 Å². The van der Waals surface area contributed by atoms with Crippen molar-refractivity contribution in [2.45, 2.75) is 5.33 Å². The van der Waals surface area contributed by atoms with Crippen molar-refractivity contribution in [3.05, 3.63) is 45.6 Å². The Kier molecular flexibility index (Phi) is 4.88. The number of nitrogens with zero attached hydrogens (tertiary/aromatic N) is 2. The first-order valence-corrected chi connectivity index (χ1v) is 7.39. The summed E-state index contributed by atoms with van der Waals surface area (Å²) in [5, 5.41) is 22.8. The molecule has 116 valence electrons. The number of hydrogen-bond acceptors (Lipinski definition) is 6. The Morgan fingerprint density at radius 1 is 1.36 bits per heavy atom. The number of carbonyl (C=O) groups excluding carboxylic acids is 2. The number of hydrogen-bond donors (Lipinski definition) is 2. The maximum atomic E-state index is 12.0. The van der Waals surface area contributed by atoms with E-state index in [0.29, 0.717) is 11.3 Å². The number of halogens is 1. The highest BCUT2D eigenvalue weighted by molar-refractivity contribution is 9.08. The summed E-state index contributed by atoms with van der Waals surface area (Å²) in [6, 6.07) is 4.42. The molecule has 0 fully saturated rings. The molecule has 22 heavy (non-hydrogen) atoms. The molecule has 1 aliphatic rings. The van der Waals surface area contributed by atoms with Gasteiger partial charge in [-0.25, -0.2) is 0 Å². The summed E-state index contributed by atoms with van der Waals surface area (Å²) in [6.45, 7) is -0.429. The van der Waals surface area contributed by atoms with E-state index in [0.717, 1.165) is 11.0 Å². The Bertz CT molecular complexity index is 674. The highest BCUT2D eigenvalue weighted by Crippen LogP contribution is 2.30. The van der Waals surface area contributed by atoms with Gasteiger partial charge in [0, 0.05) is 23.2 Å². The molecule has 2 amide bonds. The molecular weight excluding hydrogens is 358 g/mol. The van der Waals surface area contributed by atoms with Crippen LogP contribution in [0.25, 0.3) is 0 Å². The third-order valence-corrected chi connectivity index (χ3v) is 3.64. The predicted octanol–water partition coefficient (Wildman–Crippen LogP) is 1.15. The van der Waals surface area contributed by atoms with Gasteiger partial charge in [-0.3, -0.25) is 24.6 Å². The summed E-state index contributed by atoms with van der Waals surface area (Å²) in [5.41, 5.74) is 0.659. The minimum absolute atomic E-state index is 0.0150. The van der Waals surface area contributed by atoms with E-state index >= 15 is 0 Å². The number of β-amino-alcohol motifs (C(OH)–C–C–N with tert-alkyl or cyclic N) is 1. The van der Waals surface area contributed by atoms with Gasteiger partial charge in [0.15, 0.2) is 0 Å². The van der Waals surface area contributed by atoms with Gasteiger partial charge in [0.05, 0.1) is 23.6 Å². The van der Waals surface area contributed by atoms with E-state index in [1.165, 1.54) is 12.1 Å². The number of rotatable bonds is 6. The van der Waals surface area contributed by atoms with Gasteiger partial charge in [0.1, 0.15) is 5.70 Å². The van der Waals surface area contributed by atoms with Crippen LogP contribution >= 0.6 is 15.9 Å². The lowest BCUT2D eigenvalue weighted by atomic mass is 10.1. The quantitative estimate of drug-likeness (QED) is 0.336. The van der Waals surface area contributed by atoms with Crippen LogP contribution < -0.4 is 5.32 Å². The van der Waals surface area contributed by atoms with Crippen molar-refractivity contribution < 1.29 is 19.6 Å². The van der Waals surface area contributed by atoms with Crippen LogP contribution in [0.5, 0.6) is 0 Å². The number of amides is 2. The molecule has 1 aromatic rings. The second-order valence-electron chi connectivity index (χ2n) is 4.40. The molecule has 1 aromatic carbocycles. The van der Waals surface area contributed by atoms with E-state index in [2.05, 4.69) is 21.2 Å². The molecule has 0 radical (unpaired) electrons. The molecule has 0 aliphatic carbocycles. The largest absolute Gasteiger partial charge is 0.395 e. The minimum Gasteiger partial charge on any atom is -0.395 e. The minimum atomic E-state index is -0.578. The summed E-state index contributed by atoms with van der Waals surface area (Å²) < 4.78 is 0. The van der Waals surface area contributed by atoms with Crippen LogP contribution in [0.3, 0.4) is 0 Å². The lowest BCUT2D eigenvalue weighted by Gasteiger charge is -2.14. The lowest BCUT2D eigenvalue weighted by molar-refractivity contribution is -0.385. The zero-order valence-corrected chi connectivity index (χ0v) is 12.9. The van der Waals surface area contributed by atoms with Crippen molar-refractivity contribution in [3.8, 4) is 0 Å². The van der Waals surface area contributed by atoms with Crippen molar-refractivity contribution in [2.75, 3.05) is 18.5 Å². The number of carbonyl (C=O) groups is 2. The number of anilines is 1. The summed E-state index contributed by atoms with van der Waals surface area (Å²) in [6.07, 6.45) is 1.11. The van der Waals surface area contributed by atoms with Crippen molar-refractivity contribution in [2.24, 2.45) is 0 Å². The van der Waals surface area contributed by atoms with Crippen LogP contribution in [0.2, 0.25) is 0 Å². The van der Waals surface area contributed by atoms with E-state index in [4.69, 9.17) is 5.11 Å². The summed E-state index contributed by atoms with van der Waals surface area (Å²) >= 11 is 3.18. The molecular formula is C13H12BrN3O5. The number of aliphatic hydroxyl groups excluding tert-OH is 1. The molecule has 0 saturated carbocycles. The first-order valence-electron chi connectivity index (χ1n) is 6.27. The number of nitro groups is 1. The Hall–Kier alpha value is -2.26. The van der Waals surface area contributed by atoms with E-state index in [-0.39, 0.29) is 29.9 Å². The number of nitrogens with one attached hydrogen (secondary N) is 1. The molecule has 0 atom stereocenters. The zero-order valence-electron chi connectivity index (χ0n) is 11.3. The molecule has 1 heterocycles. The Labute approximate surface area is 133 Å². The maximum absolute atomic E-state index is 12.0. The molecule has 0 unspecified atom stereocenters. The second kappa shape index (κ2) is 6.67. The van der Waals surface area contributed by atoms with Crippen LogP contribution in [0.4, 0.5) is 11.4 Å². The molecule has 8 nitrogen and oxygen atoms in total. The Morgan fingerprint density at radius 2 is 2.09 bits per heavy atom. The van der Waals surface area contributed by atoms with E-state index in [1.54, 1.807) is 6.07 Å². The van der Waals surface area contributed by atoms with Gasteiger partial charge in [-0.05, 0) is 6.07 Å². The van der Waals surface area contributed by atoms with Gasteiger partial charge >= 0.3 is 0 Å². The van der Waals surface area contributed by atoms with E-state index < -0.39 is 16.7 Å². The number of nitro benzene ring substituents is 1. The third-order valence-electron chi connectivity index (χ3n) is 3.08. The summed E-state index contributed by atoms with van der Waals surface area (Å²) in [4.78, 5) is 35.1. The van der Waals surface area contributed by atoms with Crippen molar-refractivity contribution in [1.82, 2.24) is 4.90 Å². The van der Waals surface area contributed by atoms with E-state index in [9.17, 15) is 19.7 Å². The van der Waals surface area contributed by atoms with Crippen LogP contribution in [-0.2, 0) is 14.9 Å². The normalized spacial score (nSPS) is 14.3. The molecule has 2 N–H and O–H groups in total. The van der Waals surface area contributed by atoms with Crippen LogP contribution in [0.1, 0.15) is 5.56 Å². The fourth-order valence-electron chi connectivity index (χ4n) is 2.06. The molecule has 0 bridgehead atoms. The number of benzene rings is 1. The molecule has 0 spiro atoms. The zero-order chi connectivity index (χ0) is 16.3. The van der Waals surface area contributed by atoms with Gasteiger partial charge in [-0.15, -0.1) is 0 Å². The molecule has 1 aliphatic heterocycles. The maximum Gasteiger partial charge on any atom is 0.277 e. The first-order chi connectivity index (χ1) is 10.5. The number of aliphatic hydroxyl groups is 1. The SMILES string of the molecule is O=C1C=C(Nc2cccc([N+](=O)[O-])c2CBr)C(=O)N1CCO. The van der Waals surface area contributed by atoms with Gasteiger partial charge in [-0.2, -0.15) is 0 Å². The van der Waals surface area contributed by atoms with Crippen molar-refractivity contribution >= 4 is 39.1 Å². The highest BCUT2D eigenvalue weighted by Gasteiger charge is 2.31. The average Bonchev–Trinajstić information content (AvgIpc) is 2.75. The molecule has 0 saturated heterocycles. The average molecular weight is 370 g/mol. The first kappa shape index (κ1) is 16.1. The molecule has 0 aromatic heterocycles. The fraction of sp³-hybridized carbons (Fsp3) is 0.231. The lowest BCUT2D eigenvalue weighted by Crippen LogP contribution is -2.34. The van der Waals surface area contributed by atoms with Crippen molar-refractivity contribution in [1.29, 1.82) is 0 Å². The van der Waals surface area contributed by atoms with Crippen LogP contribution in [0, 0.1) is 10.1 Å². The second-order valence-corrected chi connectivity index (χ2v) is 4.96. The van der Waals surface area contributed by atoms with Gasteiger partial charge in [0.25, 0.3) is 17.5 Å². The monoisotopic (exact) mass is 369 g/mol. The fourth-order valence-corrected chi connectivity index (χ4v) is 2.65. The highest BCUT2D eigenvalue weighted by atomic mass is 79.9. The summed E-state index contributed by atoms with van der Waals surface area (Å²) in [5.74, 6) is -1.11. The van der Waals surface area contributed by atoms with Crippen molar-refractivity contribution in [3.63, 3.8) is 0 Å². The predicted molar refractivity (Wildman–Crippen MR) is 81.2 cm³/mol. The third kappa shape index (κ3) is 3.00. The van der Waals surface area contributed by atoms with Gasteiger partial charge in [-0.1, -0.05) is 22.0 Å². The summed E-state index contributed by atoms with van der Waals surface area (Å²) in [7, 11) is 0. The van der Waals surface area contributed by atoms with E-state index in [1.807, 2.05) is 0 Å².